The Balaban J connectivity index is 1.85. The largest absolute Gasteiger partial charge is 0.321 e. The van der Waals surface area contributed by atoms with Gasteiger partial charge in [0.05, 0.1) is 6.20 Å². The Labute approximate surface area is 128 Å². The van der Waals surface area contributed by atoms with Crippen LogP contribution in [0.5, 0.6) is 0 Å². The summed E-state index contributed by atoms with van der Waals surface area (Å²) < 4.78 is 13.8. The molecule has 0 atom stereocenters. The average Bonchev–Trinajstić information content (AvgIpc) is 2.48. The number of aromatic nitrogens is 1. The van der Waals surface area contributed by atoms with Crippen LogP contribution in [-0.2, 0) is 0 Å². The molecule has 1 N–H and O–H groups in total. The van der Waals surface area contributed by atoms with Crippen molar-refractivity contribution in [1.82, 2.24) is 4.98 Å². The van der Waals surface area contributed by atoms with Crippen LogP contribution in [0, 0.1) is 5.82 Å². The zero-order chi connectivity index (χ0) is 14.8. The highest BCUT2D eigenvalue weighted by Gasteiger charge is 2.08. The number of carbonyl (C=O) groups is 1. The molecule has 104 valence electrons. The van der Waals surface area contributed by atoms with Gasteiger partial charge in [0.25, 0.3) is 5.91 Å². The number of pyridine rings is 1. The highest BCUT2D eigenvalue weighted by atomic mass is 79.9. The fourth-order valence-electron chi connectivity index (χ4n) is 2.00. The smallest absolute Gasteiger partial charge is 0.274 e. The van der Waals surface area contributed by atoms with Crippen LogP contribution < -0.4 is 5.32 Å². The summed E-state index contributed by atoms with van der Waals surface area (Å²) in [4.78, 5) is 15.8. The third-order valence-corrected chi connectivity index (χ3v) is 3.51. The lowest BCUT2D eigenvalue weighted by atomic mass is 10.1. The molecule has 3 nitrogen and oxygen atoms in total. The van der Waals surface area contributed by atoms with Crippen molar-refractivity contribution in [3.63, 3.8) is 0 Å². The second-order valence-corrected chi connectivity index (χ2v) is 5.44. The second kappa shape index (κ2) is 5.61. The molecule has 21 heavy (non-hydrogen) atoms. The predicted octanol–water partition coefficient (Wildman–Crippen LogP) is 4.39. The molecule has 0 fully saturated rings. The maximum Gasteiger partial charge on any atom is 0.274 e. The summed E-state index contributed by atoms with van der Waals surface area (Å²) in [6, 6.07) is 14.1. The van der Waals surface area contributed by atoms with Crippen molar-refractivity contribution < 1.29 is 9.18 Å². The lowest BCUT2D eigenvalue weighted by molar-refractivity contribution is 0.102. The van der Waals surface area contributed by atoms with Crippen LogP contribution in [0.2, 0.25) is 0 Å². The third-order valence-electron chi connectivity index (χ3n) is 3.02. The first-order chi connectivity index (χ1) is 10.1. The number of carbonyl (C=O) groups excluding carboxylic acids is 1. The molecular weight excluding hydrogens is 335 g/mol. The molecule has 5 heteroatoms. The zero-order valence-electron chi connectivity index (χ0n) is 10.8. The average molecular weight is 345 g/mol. The molecule has 0 aliphatic carbocycles. The molecule has 0 spiro atoms. The van der Waals surface area contributed by atoms with Gasteiger partial charge in [0.2, 0.25) is 0 Å². The summed E-state index contributed by atoms with van der Waals surface area (Å²) in [5.41, 5.74) is 0.841. The first-order valence-corrected chi connectivity index (χ1v) is 7.03. The van der Waals surface area contributed by atoms with E-state index in [1.807, 2.05) is 36.4 Å². The molecule has 1 aromatic heterocycles. The Morgan fingerprint density at radius 2 is 1.81 bits per heavy atom. The molecule has 0 aliphatic rings. The topological polar surface area (TPSA) is 42.0 Å². The second-order valence-electron chi connectivity index (χ2n) is 4.52. The number of hydrogen-bond donors (Lipinski definition) is 1. The minimum absolute atomic E-state index is 0.173. The Morgan fingerprint density at radius 1 is 1.05 bits per heavy atom. The van der Waals surface area contributed by atoms with Crippen molar-refractivity contribution in [1.29, 1.82) is 0 Å². The number of hydrogen-bond acceptors (Lipinski definition) is 2. The number of benzene rings is 2. The van der Waals surface area contributed by atoms with E-state index in [4.69, 9.17) is 0 Å². The standard InChI is InChI=1S/C16H10BrFN2O/c17-12-3-1-11-8-14(5-2-10(11)7-12)20-16(21)15-6-4-13(18)9-19-15/h1-9H,(H,20,21). The molecule has 0 aliphatic heterocycles. The SMILES string of the molecule is O=C(Nc1ccc2cc(Br)ccc2c1)c1ccc(F)cn1. The monoisotopic (exact) mass is 344 g/mol. The lowest BCUT2D eigenvalue weighted by Crippen LogP contribution is -2.13. The van der Waals surface area contributed by atoms with Crippen LogP contribution in [0.1, 0.15) is 10.5 Å². The maximum absolute atomic E-state index is 12.8. The number of anilines is 1. The fourth-order valence-corrected chi connectivity index (χ4v) is 2.38. The molecule has 1 heterocycles. The van der Waals surface area contributed by atoms with Gasteiger partial charge in [0.15, 0.2) is 0 Å². The van der Waals surface area contributed by atoms with E-state index in [-0.39, 0.29) is 11.6 Å². The van der Waals surface area contributed by atoms with E-state index < -0.39 is 5.82 Å². The van der Waals surface area contributed by atoms with E-state index in [1.54, 1.807) is 0 Å². The van der Waals surface area contributed by atoms with E-state index in [9.17, 15) is 9.18 Å². The van der Waals surface area contributed by atoms with E-state index >= 15 is 0 Å². The van der Waals surface area contributed by atoms with Crippen LogP contribution in [-0.4, -0.2) is 10.9 Å². The van der Waals surface area contributed by atoms with Crippen molar-refractivity contribution in [2.45, 2.75) is 0 Å². The van der Waals surface area contributed by atoms with Gasteiger partial charge in [0.1, 0.15) is 11.5 Å². The Hall–Kier alpha value is -2.27. The van der Waals surface area contributed by atoms with Crippen LogP contribution in [0.25, 0.3) is 10.8 Å². The van der Waals surface area contributed by atoms with Crippen molar-refractivity contribution in [3.8, 4) is 0 Å². The minimum Gasteiger partial charge on any atom is -0.321 e. The lowest BCUT2D eigenvalue weighted by Gasteiger charge is -2.06. The molecule has 2 aromatic carbocycles. The highest BCUT2D eigenvalue weighted by molar-refractivity contribution is 9.10. The first-order valence-electron chi connectivity index (χ1n) is 6.24. The molecule has 3 aromatic rings. The van der Waals surface area contributed by atoms with Crippen LogP contribution in [0.3, 0.4) is 0 Å². The zero-order valence-corrected chi connectivity index (χ0v) is 12.4. The minimum atomic E-state index is -0.470. The van der Waals surface area contributed by atoms with Crippen molar-refractivity contribution in [2.75, 3.05) is 5.32 Å². The Bertz CT molecular complexity index is 818. The molecule has 0 radical (unpaired) electrons. The van der Waals surface area contributed by atoms with Gasteiger partial charge in [-0.25, -0.2) is 9.37 Å². The number of halogens is 2. The van der Waals surface area contributed by atoms with Gasteiger partial charge >= 0.3 is 0 Å². The number of nitrogens with zero attached hydrogens (tertiary/aromatic N) is 1. The van der Waals surface area contributed by atoms with Crippen molar-refractivity contribution >= 4 is 38.3 Å². The van der Waals surface area contributed by atoms with Crippen LogP contribution in [0.4, 0.5) is 10.1 Å². The molecule has 1 amide bonds. The number of rotatable bonds is 2. The number of fused-ring (bicyclic) bond motifs is 1. The van der Waals surface area contributed by atoms with Crippen LogP contribution in [0.15, 0.2) is 59.2 Å². The number of nitrogens with one attached hydrogen (secondary N) is 1. The summed E-state index contributed by atoms with van der Waals surface area (Å²) in [6.07, 6.45) is 1.02. The summed E-state index contributed by atoms with van der Waals surface area (Å²) in [7, 11) is 0. The predicted molar refractivity (Wildman–Crippen MR) is 83.8 cm³/mol. The van der Waals surface area contributed by atoms with E-state index in [1.165, 1.54) is 12.1 Å². The van der Waals surface area contributed by atoms with E-state index in [0.717, 1.165) is 21.4 Å². The van der Waals surface area contributed by atoms with Crippen molar-refractivity contribution in [3.05, 3.63) is 70.7 Å². The van der Waals surface area contributed by atoms with Crippen LogP contribution >= 0.6 is 15.9 Å². The molecule has 3 rings (SSSR count). The first kappa shape index (κ1) is 13.7. The summed E-state index contributed by atoms with van der Waals surface area (Å²) in [6.45, 7) is 0. The molecule has 0 saturated carbocycles. The summed E-state index contributed by atoms with van der Waals surface area (Å²) >= 11 is 3.42. The Kier molecular flexibility index (Phi) is 3.66. The van der Waals surface area contributed by atoms with Gasteiger partial charge in [-0.05, 0) is 47.2 Å². The van der Waals surface area contributed by atoms with E-state index in [0.29, 0.717) is 5.69 Å². The fraction of sp³-hybridized carbons (Fsp3) is 0. The quantitative estimate of drug-likeness (QED) is 0.749. The normalized spacial score (nSPS) is 10.6. The van der Waals surface area contributed by atoms with Gasteiger partial charge in [-0.3, -0.25) is 4.79 Å². The summed E-state index contributed by atoms with van der Waals surface area (Å²) in [5, 5.41) is 4.84. The molecule has 0 bridgehead atoms. The maximum atomic E-state index is 12.8. The summed E-state index contributed by atoms with van der Waals surface area (Å²) in [5.74, 6) is -0.839. The number of amides is 1. The van der Waals surface area contributed by atoms with Gasteiger partial charge < -0.3 is 5.32 Å². The van der Waals surface area contributed by atoms with Gasteiger partial charge in [-0.2, -0.15) is 0 Å². The van der Waals surface area contributed by atoms with Crippen molar-refractivity contribution in [2.24, 2.45) is 0 Å². The van der Waals surface area contributed by atoms with Gasteiger partial charge in [-0.15, -0.1) is 0 Å². The molecular formula is C16H10BrFN2O. The van der Waals surface area contributed by atoms with Gasteiger partial charge in [-0.1, -0.05) is 28.1 Å². The third kappa shape index (κ3) is 3.08. The van der Waals surface area contributed by atoms with Gasteiger partial charge in [0, 0.05) is 10.2 Å². The highest BCUT2D eigenvalue weighted by Crippen LogP contribution is 2.23. The van der Waals surface area contributed by atoms with E-state index in [2.05, 4.69) is 26.2 Å². The Morgan fingerprint density at radius 3 is 2.57 bits per heavy atom. The molecule has 0 unspecified atom stereocenters. The molecule has 0 saturated heterocycles.